The van der Waals surface area contributed by atoms with Gasteiger partial charge in [-0.2, -0.15) is 0 Å². The van der Waals surface area contributed by atoms with Crippen LogP contribution in [0.25, 0.3) is 0 Å². The molecule has 5 nitrogen and oxygen atoms in total. The first-order valence-corrected chi connectivity index (χ1v) is 7.51. The number of ether oxygens (including phenoxy) is 1. The van der Waals surface area contributed by atoms with E-state index in [1.165, 1.54) is 18.3 Å². The van der Waals surface area contributed by atoms with Crippen molar-refractivity contribution in [2.45, 2.75) is 26.3 Å². The van der Waals surface area contributed by atoms with Crippen LogP contribution in [0.5, 0.6) is 0 Å². The molecule has 0 spiro atoms. The van der Waals surface area contributed by atoms with Crippen LogP contribution in [0.4, 0.5) is 0 Å². The summed E-state index contributed by atoms with van der Waals surface area (Å²) in [6.45, 7) is 5.54. The summed E-state index contributed by atoms with van der Waals surface area (Å²) in [5, 5.41) is 7.69. The average molecular weight is 296 g/mol. The molecule has 1 fully saturated rings. The molecule has 1 aromatic rings. The summed E-state index contributed by atoms with van der Waals surface area (Å²) in [5.41, 5.74) is 0.0576. The molecule has 0 radical (unpaired) electrons. The smallest absolute Gasteiger partial charge is 0.222 e. The average Bonchev–Trinajstić information content (AvgIpc) is 2.86. The first-order valence-electron chi connectivity index (χ1n) is 6.63. The van der Waals surface area contributed by atoms with Crippen molar-refractivity contribution in [3.05, 3.63) is 22.4 Å². The number of carbonyl (C=O) groups is 2. The Hall–Kier alpha value is -1.40. The van der Waals surface area contributed by atoms with Crippen LogP contribution >= 0.6 is 11.3 Å². The van der Waals surface area contributed by atoms with Gasteiger partial charge in [0.1, 0.15) is 0 Å². The Morgan fingerprint density at radius 3 is 2.75 bits per heavy atom. The highest BCUT2D eigenvalue weighted by atomic mass is 32.1. The zero-order valence-corrected chi connectivity index (χ0v) is 12.6. The maximum atomic E-state index is 12.0. The lowest BCUT2D eigenvalue weighted by Gasteiger charge is -2.38. The fourth-order valence-electron chi connectivity index (χ4n) is 2.08. The number of amides is 2. The topological polar surface area (TPSA) is 67.4 Å². The summed E-state index contributed by atoms with van der Waals surface area (Å²) in [5.74, 6) is -0.180. The molecule has 20 heavy (non-hydrogen) atoms. The van der Waals surface area contributed by atoms with Crippen molar-refractivity contribution in [2.75, 3.05) is 19.8 Å². The van der Waals surface area contributed by atoms with Crippen LogP contribution in [-0.2, 0) is 14.3 Å². The molecule has 2 N–H and O–H groups in total. The number of hydrogen-bond acceptors (Lipinski definition) is 4. The largest absolute Gasteiger partial charge is 0.380 e. The fourth-order valence-corrected chi connectivity index (χ4v) is 2.86. The summed E-state index contributed by atoms with van der Waals surface area (Å²) >= 11 is 1.54. The molecular formula is C14H20N2O3S. The molecule has 2 amide bonds. The van der Waals surface area contributed by atoms with Gasteiger partial charge in [-0.1, -0.05) is 13.0 Å². The third-order valence-electron chi connectivity index (χ3n) is 3.27. The van der Waals surface area contributed by atoms with Gasteiger partial charge in [-0.15, -0.1) is 11.3 Å². The highest BCUT2D eigenvalue weighted by Crippen LogP contribution is 2.26. The van der Waals surface area contributed by atoms with Gasteiger partial charge in [0, 0.05) is 23.8 Å². The zero-order chi connectivity index (χ0) is 14.6. The van der Waals surface area contributed by atoms with Crippen molar-refractivity contribution in [1.29, 1.82) is 0 Å². The van der Waals surface area contributed by atoms with Crippen molar-refractivity contribution in [2.24, 2.45) is 5.41 Å². The predicted molar refractivity (Wildman–Crippen MR) is 77.4 cm³/mol. The second-order valence-corrected chi connectivity index (χ2v) is 6.53. The zero-order valence-electron chi connectivity index (χ0n) is 11.8. The third-order valence-corrected chi connectivity index (χ3v) is 4.25. The van der Waals surface area contributed by atoms with Crippen molar-refractivity contribution in [3.63, 3.8) is 0 Å². The highest BCUT2D eigenvalue weighted by Gasteiger charge is 2.33. The Bertz CT molecular complexity index is 469. The summed E-state index contributed by atoms with van der Waals surface area (Å²) in [6, 6.07) is 3.59. The molecule has 1 aliphatic rings. The Morgan fingerprint density at radius 1 is 1.50 bits per heavy atom. The SMILES string of the molecule is CC(=O)NC(CC(=O)NCC1(C)COC1)c1cccs1. The van der Waals surface area contributed by atoms with Crippen LogP contribution in [0.15, 0.2) is 17.5 Å². The standard InChI is InChI=1S/C14H20N2O3S/c1-10(17)16-11(12-4-3-5-20-12)6-13(18)15-7-14(2)8-19-9-14/h3-5,11H,6-9H2,1-2H3,(H,15,18)(H,16,17). The summed E-state index contributed by atoms with van der Waals surface area (Å²) in [4.78, 5) is 24.3. The van der Waals surface area contributed by atoms with Gasteiger partial charge in [-0.3, -0.25) is 9.59 Å². The number of nitrogens with one attached hydrogen (secondary N) is 2. The Morgan fingerprint density at radius 2 is 2.25 bits per heavy atom. The maximum absolute atomic E-state index is 12.0. The molecule has 0 saturated carbocycles. The summed E-state index contributed by atoms with van der Waals surface area (Å²) < 4.78 is 5.16. The first-order chi connectivity index (χ1) is 9.48. The highest BCUT2D eigenvalue weighted by molar-refractivity contribution is 7.10. The Balaban J connectivity index is 1.86. The van der Waals surface area contributed by atoms with E-state index in [9.17, 15) is 9.59 Å². The molecule has 0 aromatic carbocycles. The van der Waals surface area contributed by atoms with Crippen molar-refractivity contribution >= 4 is 23.2 Å². The Labute approximate surface area is 122 Å². The van der Waals surface area contributed by atoms with E-state index in [0.717, 1.165) is 4.88 Å². The molecule has 1 unspecified atom stereocenters. The van der Waals surface area contributed by atoms with Gasteiger partial charge in [0.05, 0.1) is 25.7 Å². The first kappa shape index (κ1) is 15.0. The van der Waals surface area contributed by atoms with E-state index in [2.05, 4.69) is 17.6 Å². The van der Waals surface area contributed by atoms with Crippen LogP contribution in [0, 0.1) is 5.41 Å². The molecular weight excluding hydrogens is 276 g/mol. The van der Waals surface area contributed by atoms with Crippen LogP contribution in [0.3, 0.4) is 0 Å². The summed E-state index contributed by atoms with van der Waals surface area (Å²) in [7, 11) is 0. The number of hydrogen-bond donors (Lipinski definition) is 2. The van der Waals surface area contributed by atoms with Crippen molar-refractivity contribution in [1.82, 2.24) is 10.6 Å². The van der Waals surface area contributed by atoms with Crippen molar-refractivity contribution in [3.8, 4) is 0 Å². The molecule has 0 bridgehead atoms. The molecule has 1 aliphatic heterocycles. The van der Waals surface area contributed by atoms with Gasteiger partial charge in [0.15, 0.2) is 0 Å². The van der Waals surface area contributed by atoms with E-state index in [1.54, 1.807) is 0 Å². The van der Waals surface area contributed by atoms with E-state index < -0.39 is 0 Å². The monoisotopic (exact) mass is 296 g/mol. The van der Waals surface area contributed by atoms with Crippen LogP contribution < -0.4 is 10.6 Å². The van der Waals surface area contributed by atoms with Gasteiger partial charge < -0.3 is 15.4 Å². The number of carbonyl (C=O) groups excluding carboxylic acids is 2. The van der Waals surface area contributed by atoms with Crippen molar-refractivity contribution < 1.29 is 14.3 Å². The Kier molecular flexibility index (Phi) is 4.77. The normalized spacial score (nSPS) is 17.9. The quantitative estimate of drug-likeness (QED) is 0.835. The van der Waals surface area contributed by atoms with E-state index in [1.807, 2.05) is 17.5 Å². The second-order valence-electron chi connectivity index (χ2n) is 5.55. The third kappa shape index (κ3) is 4.05. The van der Waals surface area contributed by atoms with Crippen LogP contribution in [0.1, 0.15) is 31.2 Å². The fraction of sp³-hybridized carbons (Fsp3) is 0.571. The molecule has 1 aromatic heterocycles. The summed E-state index contributed by atoms with van der Waals surface area (Å²) in [6.07, 6.45) is 0.261. The molecule has 1 saturated heterocycles. The number of thiophene rings is 1. The van der Waals surface area contributed by atoms with Gasteiger partial charge in [0.2, 0.25) is 11.8 Å². The number of rotatable bonds is 6. The molecule has 0 aliphatic carbocycles. The maximum Gasteiger partial charge on any atom is 0.222 e. The molecule has 2 heterocycles. The minimum Gasteiger partial charge on any atom is -0.380 e. The van der Waals surface area contributed by atoms with Gasteiger partial charge in [0.25, 0.3) is 0 Å². The van der Waals surface area contributed by atoms with Crippen LogP contribution in [-0.4, -0.2) is 31.6 Å². The predicted octanol–water partition coefficient (Wildman–Crippen LogP) is 1.47. The second kappa shape index (κ2) is 6.37. The van der Waals surface area contributed by atoms with E-state index in [4.69, 9.17) is 4.74 Å². The minimum atomic E-state index is -0.252. The van der Waals surface area contributed by atoms with E-state index >= 15 is 0 Å². The van der Waals surface area contributed by atoms with Gasteiger partial charge in [-0.25, -0.2) is 0 Å². The lowest BCUT2D eigenvalue weighted by molar-refractivity contribution is -0.127. The van der Waals surface area contributed by atoms with E-state index in [-0.39, 0.29) is 29.7 Å². The minimum absolute atomic E-state index is 0.0507. The molecule has 1 atom stereocenters. The van der Waals surface area contributed by atoms with Gasteiger partial charge in [-0.05, 0) is 11.4 Å². The molecule has 110 valence electrons. The lowest BCUT2D eigenvalue weighted by atomic mass is 9.88. The molecule has 6 heteroatoms. The van der Waals surface area contributed by atoms with E-state index in [0.29, 0.717) is 19.8 Å². The lowest BCUT2D eigenvalue weighted by Crippen LogP contribution is -2.49. The molecule has 2 rings (SSSR count). The van der Waals surface area contributed by atoms with Crippen LogP contribution in [0.2, 0.25) is 0 Å². The van der Waals surface area contributed by atoms with Gasteiger partial charge >= 0.3 is 0 Å².